The van der Waals surface area contributed by atoms with E-state index in [0.29, 0.717) is 0 Å². The van der Waals surface area contributed by atoms with E-state index in [1.807, 2.05) is 18.3 Å². The van der Waals surface area contributed by atoms with E-state index in [9.17, 15) is 0 Å². The second kappa shape index (κ2) is 3.52. The highest BCUT2D eigenvalue weighted by atomic mass is 16.3. The number of oxazole rings is 1. The molecule has 1 aromatic carbocycles. The first-order chi connectivity index (χ1) is 7.86. The minimum atomic E-state index is 0.221. The molecule has 1 N–H and O–H groups in total. The third-order valence-corrected chi connectivity index (χ3v) is 2.97. The van der Waals surface area contributed by atoms with Gasteiger partial charge in [0.25, 0.3) is 0 Å². The van der Waals surface area contributed by atoms with Gasteiger partial charge in [0.2, 0.25) is 0 Å². The summed E-state index contributed by atoms with van der Waals surface area (Å²) >= 11 is 0. The van der Waals surface area contributed by atoms with Crippen LogP contribution in [0, 0.1) is 0 Å². The molecule has 3 rings (SSSR count). The SMILES string of the molecule is CC(c1cnco1)c1c[nH]c2ccccc12. The number of nitrogens with zero attached hydrogens (tertiary/aromatic N) is 1. The Morgan fingerprint density at radius 2 is 2.19 bits per heavy atom. The molecular weight excluding hydrogens is 200 g/mol. The van der Waals surface area contributed by atoms with Crippen LogP contribution in [0.2, 0.25) is 0 Å². The number of benzene rings is 1. The van der Waals surface area contributed by atoms with Gasteiger partial charge in [-0.25, -0.2) is 4.98 Å². The molecule has 3 aromatic rings. The Morgan fingerprint density at radius 1 is 1.31 bits per heavy atom. The molecule has 2 aromatic heterocycles. The van der Waals surface area contributed by atoms with Crippen LogP contribution in [0.15, 0.2) is 47.5 Å². The summed E-state index contributed by atoms with van der Waals surface area (Å²) in [6, 6.07) is 8.27. The van der Waals surface area contributed by atoms with Gasteiger partial charge in [-0.05, 0) is 11.6 Å². The van der Waals surface area contributed by atoms with Crippen LogP contribution in [-0.2, 0) is 0 Å². The molecule has 0 radical (unpaired) electrons. The summed E-state index contributed by atoms with van der Waals surface area (Å²) in [5.41, 5.74) is 2.40. The largest absolute Gasteiger partial charge is 0.448 e. The van der Waals surface area contributed by atoms with Crippen molar-refractivity contribution in [2.24, 2.45) is 0 Å². The zero-order chi connectivity index (χ0) is 11.0. The molecule has 3 heteroatoms. The standard InChI is InChI=1S/C13H12N2O/c1-9(13-7-14-8-16-13)11-6-15-12-5-3-2-4-10(11)12/h2-9,15H,1H3. The lowest BCUT2D eigenvalue weighted by Crippen LogP contribution is -1.92. The van der Waals surface area contributed by atoms with Gasteiger partial charge in [-0.15, -0.1) is 0 Å². The molecule has 0 amide bonds. The highest BCUT2D eigenvalue weighted by molar-refractivity contribution is 5.83. The van der Waals surface area contributed by atoms with Crippen LogP contribution in [0.1, 0.15) is 24.2 Å². The third kappa shape index (κ3) is 1.33. The maximum Gasteiger partial charge on any atom is 0.180 e. The van der Waals surface area contributed by atoms with E-state index in [1.165, 1.54) is 17.3 Å². The average molecular weight is 212 g/mol. The van der Waals surface area contributed by atoms with E-state index >= 15 is 0 Å². The van der Waals surface area contributed by atoms with Crippen molar-refractivity contribution in [2.75, 3.05) is 0 Å². The van der Waals surface area contributed by atoms with Gasteiger partial charge < -0.3 is 9.40 Å². The van der Waals surface area contributed by atoms with Crippen LogP contribution in [0.25, 0.3) is 10.9 Å². The number of rotatable bonds is 2. The molecule has 1 unspecified atom stereocenters. The number of nitrogens with one attached hydrogen (secondary N) is 1. The van der Waals surface area contributed by atoms with E-state index in [2.05, 4.69) is 29.0 Å². The Labute approximate surface area is 93.1 Å². The molecule has 0 saturated heterocycles. The molecular formula is C13H12N2O. The van der Waals surface area contributed by atoms with Crippen molar-refractivity contribution in [1.29, 1.82) is 0 Å². The van der Waals surface area contributed by atoms with Crippen molar-refractivity contribution in [1.82, 2.24) is 9.97 Å². The van der Waals surface area contributed by atoms with Gasteiger partial charge in [0, 0.05) is 23.0 Å². The van der Waals surface area contributed by atoms with Crippen molar-refractivity contribution in [3.63, 3.8) is 0 Å². The Hall–Kier alpha value is -2.03. The summed E-state index contributed by atoms with van der Waals surface area (Å²) in [6.45, 7) is 2.12. The zero-order valence-electron chi connectivity index (χ0n) is 8.97. The lowest BCUT2D eigenvalue weighted by Gasteiger charge is -2.05. The number of para-hydroxylation sites is 1. The zero-order valence-corrected chi connectivity index (χ0v) is 8.97. The minimum absolute atomic E-state index is 0.221. The van der Waals surface area contributed by atoms with Crippen molar-refractivity contribution < 1.29 is 4.42 Å². The van der Waals surface area contributed by atoms with Crippen LogP contribution >= 0.6 is 0 Å². The maximum atomic E-state index is 5.34. The fraction of sp³-hybridized carbons (Fsp3) is 0.154. The van der Waals surface area contributed by atoms with Gasteiger partial charge in [-0.1, -0.05) is 25.1 Å². The van der Waals surface area contributed by atoms with Gasteiger partial charge in [-0.2, -0.15) is 0 Å². The Balaban J connectivity index is 2.12. The molecule has 0 aliphatic carbocycles. The van der Waals surface area contributed by atoms with Gasteiger partial charge in [-0.3, -0.25) is 0 Å². The number of aromatic nitrogens is 2. The van der Waals surface area contributed by atoms with E-state index < -0.39 is 0 Å². The van der Waals surface area contributed by atoms with Crippen molar-refractivity contribution >= 4 is 10.9 Å². The van der Waals surface area contributed by atoms with E-state index in [1.54, 1.807) is 6.20 Å². The summed E-state index contributed by atoms with van der Waals surface area (Å²) in [6.07, 6.45) is 5.28. The highest BCUT2D eigenvalue weighted by Gasteiger charge is 2.15. The maximum absolute atomic E-state index is 5.34. The predicted octanol–water partition coefficient (Wildman–Crippen LogP) is 3.31. The smallest absolute Gasteiger partial charge is 0.180 e. The molecule has 16 heavy (non-hydrogen) atoms. The third-order valence-electron chi connectivity index (χ3n) is 2.97. The Kier molecular flexibility index (Phi) is 2.03. The number of H-pyrrole nitrogens is 1. The van der Waals surface area contributed by atoms with Crippen molar-refractivity contribution in [3.8, 4) is 0 Å². The summed E-state index contributed by atoms with van der Waals surface area (Å²) in [7, 11) is 0. The number of fused-ring (bicyclic) bond motifs is 1. The van der Waals surface area contributed by atoms with E-state index in [4.69, 9.17) is 4.42 Å². The average Bonchev–Trinajstić information content (AvgIpc) is 2.98. The Morgan fingerprint density at radius 3 is 3.00 bits per heavy atom. The molecule has 0 bridgehead atoms. The summed E-state index contributed by atoms with van der Waals surface area (Å²) in [5, 5.41) is 1.24. The molecule has 1 atom stereocenters. The molecule has 2 heterocycles. The highest BCUT2D eigenvalue weighted by Crippen LogP contribution is 2.29. The van der Waals surface area contributed by atoms with Crippen LogP contribution in [0.4, 0.5) is 0 Å². The first-order valence-corrected chi connectivity index (χ1v) is 5.30. The van der Waals surface area contributed by atoms with E-state index in [0.717, 1.165) is 11.3 Å². The first kappa shape index (κ1) is 9.21. The number of hydrogen-bond donors (Lipinski definition) is 1. The van der Waals surface area contributed by atoms with Gasteiger partial charge >= 0.3 is 0 Å². The fourth-order valence-corrected chi connectivity index (χ4v) is 2.04. The molecule has 0 aliphatic heterocycles. The molecule has 80 valence electrons. The minimum Gasteiger partial charge on any atom is -0.448 e. The topological polar surface area (TPSA) is 41.8 Å². The second-order valence-electron chi connectivity index (χ2n) is 3.92. The quantitative estimate of drug-likeness (QED) is 0.708. The van der Waals surface area contributed by atoms with Crippen molar-refractivity contribution in [3.05, 3.63) is 54.4 Å². The molecule has 3 nitrogen and oxygen atoms in total. The summed E-state index contributed by atoms with van der Waals surface area (Å²) in [5.74, 6) is 1.11. The fourth-order valence-electron chi connectivity index (χ4n) is 2.04. The van der Waals surface area contributed by atoms with Crippen LogP contribution in [-0.4, -0.2) is 9.97 Å². The van der Waals surface area contributed by atoms with Crippen molar-refractivity contribution in [2.45, 2.75) is 12.8 Å². The van der Waals surface area contributed by atoms with Crippen LogP contribution < -0.4 is 0 Å². The number of hydrogen-bond acceptors (Lipinski definition) is 2. The molecule has 0 fully saturated rings. The monoisotopic (exact) mass is 212 g/mol. The van der Waals surface area contributed by atoms with Gasteiger partial charge in [0.05, 0.1) is 6.20 Å². The first-order valence-electron chi connectivity index (χ1n) is 5.30. The summed E-state index contributed by atoms with van der Waals surface area (Å²) in [4.78, 5) is 7.23. The second-order valence-corrected chi connectivity index (χ2v) is 3.92. The van der Waals surface area contributed by atoms with Crippen LogP contribution in [0.3, 0.4) is 0 Å². The van der Waals surface area contributed by atoms with Gasteiger partial charge in [0.15, 0.2) is 6.39 Å². The van der Waals surface area contributed by atoms with E-state index in [-0.39, 0.29) is 5.92 Å². The van der Waals surface area contributed by atoms with Gasteiger partial charge in [0.1, 0.15) is 5.76 Å². The lowest BCUT2D eigenvalue weighted by molar-refractivity contribution is 0.491. The summed E-state index contributed by atoms with van der Waals surface area (Å²) < 4.78 is 5.34. The van der Waals surface area contributed by atoms with Crippen LogP contribution in [0.5, 0.6) is 0 Å². The predicted molar refractivity (Wildman–Crippen MR) is 62.3 cm³/mol. The molecule has 0 spiro atoms. The Bertz CT molecular complexity index is 595. The number of aromatic amines is 1. The molecule has 0 saturated carbocycles. The normalized spacial score (nSPS) is 13.1. The lowest BCUT2D eigenvalue weighted by atomic mass is 9.99. The molecule has 0 aliphatic rings.